The first-order chi connectivity index (χ1) is 10.3. The van der Waals surface area contributed by atoms with Gasteiger partial charge in [0.25, 0.3) is 0 Å². The van der Waals surface area contributed by atoms with Gasteiger partial charge in [-0.15, -0.1) is 11.3 Å². The molecule has 1 aliphatic heterocycles. The van der Waals surface area contributed by atoms with Crippen LogP contribution in [0.2, 0.25) is 0 Å². The van der Waals surface area contributed by atoms with Crippen molar-refractivity contribution in [3.63, 3.8) is 0 Å². The molecular formula is C17H23N3S. The van der Waals surface area contributed by atoms with Gasteiger partial charge in [-0.05, 0) is 49.0 Å². The molecule has 0 bridgehead atoms. The summed E-state index contributed by atoms with van der Waals surface area (Å²) >= 11 is 1.89. The van der Waals surface area contributed by atoms with E-state index in [1.807, 2.05) is 23.6 Å². The molecule has 0 aliphatic carbocycles. The molecule has 0 aromatic carbocycles. The molecule has 0 saturated carbocycles. The number of rotatable bonds is 4. The van der Waals surface area contributed by atoms with E-state index in [4.69, 9.17) is 0 Å². The molecule has 1 saturated heterocycles. The summed E-state index contributed by atoms with van der Waals surface area (Å²) in [5.74, 6) is 0. The zero-order valence-electron chi connectivity index (χ0n) is 12.6. The topological polar surface area (TPSA) is 28.2 Å². The normalized spacial score (nSPS) is 18.3. The Morgan fingerprint density at radius 1 is 1.29 bits per heavy atom. The summed E-state index contributed by atoms with van der Waals surface area (Å²) in [7, 11) is 0. The molecule has 2 aromatic rings. The van der Waals surface area contributed by atoms with Crippen LogP contribution in [0.4, 0.5) is 0 Å². The molecule has 112 valence electrons. The lowest BCUT2D eigenvalue weighted by Crippen LogP contribution is -2.33. The highest BCUT2D eigenvalue weighted by molar-refractivity contribution is 7.10. The van der Waals surface area contributed by atoms with Gasteiger partial charge in [-0.1, -0.05) is 6.07 Å². The van der Waals surface area contributed by atoms with Gasteiger partial charge in [-0.3, -0.25) is 9.88 Å². The van der Waals surface area contributed by atoms with Crippen LogP contribution in [0.1, 0.15) is 28.6 Å². The van der Waals surface area contributed by atoms with E-state index in [2.05, 4.69) is 45.7 Å². The number of hydrogen-bond donors (Lipinski definition) is 1. The van der Waals surface area contributed by atoms with E-state index in [0.29, 0.717) is 6.04 Å². The fraction of sp³-hybridized carbons (Fsp3) is 0.471. The zero-order valence-corrected chi connectivity index (χ0v) is 13.4. The summed E-state index contributed by atoms with van der Waals surface area (Å²) in [4.78, 5) is 8.67. The van der Waals surface area contributed by atoms with Crippen LogP contribution in [0.15, 0.2) is 35.8 Å². The number of aryl methyl sites for hydroxylation is 1. The van der Waals surface area contributed by atoms with Gasteiger partial charge in [0, 0.05) is 48.9 Å². The van der Waals surface area contributed by atoms with E-state index in [0.717, 1.165) is 26.1 Å². The first kappa shape index (κ1) is 14.7. The largest absolute Gasteiger partial charge is 0.315 e. The van der Waals surface area contributed by atoms with Crippen LogP contribution in [0.5, 0.6) is 0 Å². The van der Waals surface area contributed by atoms with Gasteiger partial charge in [-0.2, -0.15) is 0 Å². The van der Waals surface area contributed by atoms with E-state index >= 15 is 0 Å². The number of pyridine rings is 1. The molecule has 4 heteroatoms. The average Bonchev–Trinajstić information content (AvgIpc) is 2.77. The maximum atomic E-state index is 4.54. The maximum absolute atomic E-state index is 4.54. The number of hydrogen-bond acceptors (Lipinski definition) is 4. The van der Waals surface area contributed by atoms with Crippen LogP contribution in [0.3, 0.4) is 0 Å². The van der Waals surface area contributed by atoms with Crippen molar-refractivity contribution in [1.29, 1.82) is 0 Å². The van der Waals surface area contributed by atoms with Gasteiger partial charge in [0.1, 0.15) is 0 Å². The third-order valence-corrected chi connectivity index (χ3v) is 5.27. The quantitative estimate of drug-likeness (QED) is 0.941. The van der Waals surface area contributed by atoms with Gasteiger partial charge in [0.2, 0.25) is 0 Å². The minimum atomic E-state index is 0.458. The van der Waals surface area contributed by atoms with Crippen molar-refractivity contribution in [2.45, 2.75) is 25.8 Å². The Balaban J connectivity index is 1.85. The molecule has 2 aromatic heterocycles. The summed E-state index contributed by atoms with van der Waals surface area (Å²) in [5, 5.41) is 5.72. The molecular weight excluding hydrogens is 278 g/mol. The average molecular weight is 301 g/mol. The van der Waals surface area contributed by atoms with Crippen LogP contribution in [0, 0.1) is 6.92 Å². The monoisotopic (exact) mass is 301 g/mol. The van der Waals surface area contributed by atoms with E-state index in [1.54, 1.807) is 0 Å². The first-order valence-electron chi connectivity index (χ1n) is 7.73. The lowest BCUT2D eigenvalue weighted by Gasteiger charge is -2.30. The van der Waals surface area contributed by atoms with Crippen LogP contribution < -0.4 is 5.32 Å². The van der Waals surface area contributed by atoms with Gasteiger partial charge in [0.15, 0.2) is 0 Å². The maximum Gasteiger partial charge on any atom is 0.0500 e. The highest BCUT2D eigenvalue weighted by atomic mass is 32.1. The SMILES string of the molecule is Cc1ccsc1C(Cc1ccccn1)N1CCCNCC1. The van der Waals surface area contributed by atoms with E-state index in [-0.39, 0.29) is 0 Å². The number of thiophene rings is 1. The Kier molecular flexibility index (Phi) is 5.01. The summed E-state index contributed by atoms with van der Waals surface area (Å²) in [5.41, 5.74) is 2.60. The third-order valence-electron chi connectivity index (χ3n) is 4.15. The van der Waals surface area contributed by atoms with Gasteiger partial charge < -0.3 is 5.32 Å². The van der Waals surface area contributed by atoms with Crippen LogP contribution in [-0.2, 0) is 6.42 Å². The highest BCUT2D eigenvalue weighted by Gasteiger charge is 2.24. The second-order valence-corrected chi connectivity index (χ2v) is 6.60. The number of nitrogens with one attached hydrogen (secondary N) is 1. The Bertz CT molecular complexity index is 544. The smallest absolute Gasteiger partial charge is 0.0500 e. The molecule has 1 aliphatic rings. The Morgan fingerprint density at radius 3 is 3.00 bits per heavy atom. The van der Waals surface area contributed by atoms with Crippen molar-refractivity contribution >= 4 is 11.3 Å². The van der Waals surface area contributed by atoms with Gasteiger partial charge in [0.05, 0.1) is 0 Å². The van der Waals surface area contributed by atoms with Gasteiger partial charge >= 0.3 is 0 Å². The molecule has 3 nitrogen and oxygen atoms in total. The second-order valence-electron chi connectivity index (χ2n) is 5.65. The predicted octanol–water partition coefficient (Wildman–Crippen LogP) is 3.03. The van der Waals surface area contributed by atoms with Crippen molar-refractivity contribution < 1.29 is 0 Å². The molecule has 1 atom stereocenters. The Hall–Kier alpha value is -1.23. The standard InChI is InChI=1S/C17H23N3S/c1-14-6-12-21-17(14)16(13-15-5-2-3-8-19-15)20-10-4-7-18-9-11-20/h2-3,5-6,8,12,16,18H,4,7,9-11,13H2,1H3. The van der Waals surface area contributed by atoms with E-state index in [1.165, 1.54) is 29.1 Å². The second kappa shape index (κ2) is 7.16. The molecule has 1 unspecified atom stereocenters. The van der Waals surface area contributed by atoms with Crippen LogP contribution in [0.25, 0.3) is 0 Å². The highest BCUT2D eigenvalue weighted by Crippen LogP contribution is 2.31. The summed E-state index contributed by atoms with van der Waals surface area (Å²) in [6.07, 6.45) is 4.13. The molecule has 21 heavy (non-hydrogen) atoms. The lowest BCUT2D eigenvalue weighted by molar-refractivity contribution is 0.210. The minimum absolute atomic E-state index is 0.458. The molecule has 1 fully saturated rings. The molecule has 3 heterocycles. The molecule has 1 N–H and O–H groups in total. The summed E-state index contributed by atoms with van der Waals surface area (Å²) < 4.78 is 0. The van der Waals surface area contributed by atoms with Crippen molar-refractivity contribution in [2.24, 2.45) is 0 Å². The Morgan fingerprint density at radius 2 is 2.24 bits per heavy atom. The fourth-order valence-electron chi connectivity index (χ4n) is 3.01. The third kappa shape index (κ3) is 3.70. The molecule has 0 spiro atoms. The lowest BCUT2D eigenvalue weighted by atomic mass is 10.0. The Labute approximate surface area is 131 Å². The van der Waals surface area contributed by atoms with Crippen molar-refractivity contribution in [1.82, 2.24) is 15.2 Å². The minimum Gasteiger partial charge on any atom is -0.315 e. The number of nitrogens with zero attached hydrogens (tertiary/aromatic N) is 2. The molecule has 0 amide bonds. The molecule has 3 rings (SSSR count). The summed E-state index contributed by atoms with van der Waals surface area (Å²) in [6.45, 7) is 6.74. The number of aromatic nitrogens is 1. The summed E-state index contributed by atoms with van der Waals surface area (Å²) in [6, 6.07) is 8.92. The van der Waals surface area contributed by atoms with E-state index < -0.39 is 0 Å². The van der Waals surface area contributed by atoms with Crippen LogP contribution in [-0.4, -0.2) is 36.1 Å². The molecule has 0 radical (unpaired) electrons. The van der Waals surface area contributed by atoms with Crippen molar-refractivity contribution in [3.8, 4) is 0 Å². The predicted molar refractivity (Wildman–Crippen MR) is 88.8 cm³/mol. The van der Waals surface area contributed by atoms with Gasteiger partial charge in [-0.25, -0.2) is 0 Å². The zero-order chi connectivity index (χ0) is 14.5. The van der Waals surface area contributed by atoms with Crippen molar-refractivity contribution in [3.05, 3.63) is 52.0 Å². The first-order valence-corrected chi connectivity index (χ1v) is 8.61. The van der Waals surface area contributed by atoms with E-state index in [9.17, 15) is 0 Å². The fourth-order valence-corrected chi connectivity index (χ4v) is 4.07. The van der Waals surface area contributed by atoms with Crippen LogP contribution >= 0.6 is 11.3 Å². The van der Waals surface area contributed by atoms with Crippen molar-refractivity contribution in [2.75, 3.05) is 26.2 Å².